The lowest BCUT2D eigenvalue weighted by molar-refractivity contribution is -0.169. The molecule has 1 saturated carbocycles. The van der Waals surface area contributed by atoms with Gasteiger partial charge in [0.2, 0.25) is 5.91 Å². The highest BCUT2D eigenvalue weighted by atomic mass is 16.5. The number of fused-ring (bicyclic) bond motifs is 1. The Morgan fingerprint density at radius 2 is 1.96 bits per heavy atom. The Balaban J connectivity index is 1.40. The van der Waals surface area contributed by atoms with Crippen molar-refractivity contribution in [1.29, 1.82) is 0 Å². The first-order valence-electron chi connectivity index (χ1n) is 9.83. The van der Waals surface area contributed by atoms with Crippen molar-refractivity contribution >= 4 is 5.91 Å². The van der Waals surface area contributed by atoms with Crippen molar-refractivity contribution in [3.8, 4) is 0 Å². The fraction of sp³-hybridized carbons (Fsp3) is 0.947. The molecule has 3 aliphatic heterocycles. The van der Waals surface area contributed by atoms with Crippen LogP contribution in [0.2, 0.25) is 0 Å². The van der Waals surface area contributed by atoms with Gasteiger partial charge in [0, 0.05) is 50.8 Å². The number of nitrogens with zero attached hydrogens (tertiary/aromatic N) is 1. The summed E-state index contributed by atoms with van der Waals surface area (Å²) < 4.78 is 17.6. The minimum Gasteiger partial charge on any atom is -0.381 e. The lowest BCUT2D eigenvalue weighted by atomic mass is 9.72. The normalized spacial score (nSPS) is 34.8. The van der Waals surface area contributed by atoms with Gasteiger partial charge in [-0.25, -0.2) is 0 Å². The van der Waals surface area contributed by atoms with E-state index in [4.69, 9.17) is 14.2 Å². The molecule has 1 aliphatic carbocycles. The maximum atomic E-state index is 13.0. The first kappa shape index (κ1) is 16.8. The van der Waals surface area contributed by atoms with E-state index in [1.165, 1.54) is 12.8 Å². The third-order valence-corrected chi connectivity index (χ3v) is 6.31. The molecule has 4 aliphatic rings. The van der Waals surface area contributed by atoms with Crippen LogP contribution in [-0.4, -0.2) is 63.0 Å². The van der Waals surface area contributed by atoms with E-state index in [1.807, 2.05) is 0 Å². The second-order valence-corrected chi connectivity index (χ2v) is 8.22. The number of carbonyl (C=O) groups excluding carboxylic acids is 1. The highest BCUT2D eigenvalue weighted by Gasteiger charge is 2.48. The highest BCUT2D eigenvalue weighted by Crippen LogP contribution is 2.41. The van der Waals surface area contributed by atoms with Gasteiger partial charge < -0.3 is 19.1 Å². The summed E-state index contributed by atoms with van der Waals surface area (Å²) in [7, 11) is 0. The number of likely N-dealkylation sites (tertiary alicyclic amines) is 1. The molecule has 0 bridgehead atoms. The molecule has 0 unspecified atom stereocenters. The van der Waals surface area contributed by atoms with Crippen LogP contribution in [0, 0.1) is 17.3 Å². The van der Waals surface area contributed by atoms with Crippen molar-refractivity contribution in [2.75, 3.05) is 46.1 Å². The summed E-state index contributed by atoms with van der Waals surface area (Å²) in [5.74, 6) is 1.28. The van der Waals surface area contributed by atoms with Crippen LogP contribution in [0.25, 0.3) is 0 Å². The molecule has 136 valence electrons. The van der Waals surface area contributed by atoms with Crippen LogP contribution in [-0.2, 0) is 19.0 Å². The number of amides is 1. The van der Waals surface area contributed by atoms with Gasteiger partial charge in [0.15, 0.2) is 0 Å². The molecular formula is C19H31NO4. The van der Waals surface area contributed by atoms with E-state index in [-0.39, 0.29) is 17.4 Å². The number of carbonyl (C=O) groups is 1. The number of rotatable bonds is 5. The Kier molecular flexibility index (Phi) is 5.11. The zero-order chi connectivity index (χ0) is 16.4. The van der Waals surface area contributed by atoms with Gasteiger partial charge in [-0.1, -0.05) is 0 Å². The van der Waals surface area contributed by atoms with Crippen LogP contribution in [0.3, 0.4) is 0 Å². The smallest absolute Gasteiger partial charge is 0.225 e. The molecule has 1 amide bonds. The first-order valence-corrected chi connectivity index (χ1v) is 9.83. The molecule has 3 heterocycles. The fourth-order valence-corrected chi connectivity index (χ4v) is 4.61. The summed E-state index contributed by atoms with van der Waals surface area (Å²) in [6.45, 7) is 5.62. The standard InChI is InChI=1S/C19H31NO4/c21-18(16-5-10-22-11-6-16)20-8-4-17-19(13-20,7-1-9-24-17)14-23-12-15-2-3-15/h15-17H,1-14H2/t17-,19-/m1/s1. The van der Waals surface area contributed by atoms with E-state index in [2.05, 4.69) is 4.90 Å². The van der Waals surface area contributed by atoms with Crippen LogP contribution in [0.1, 0.15) is 44.9 Å². The minimum atomic E-state index is 0.0201. The molecule has 5 heteroatoms. The quantitative estimate of drug-likeness (QED) is 0.772. The molecule has 0 aromatic rings. The summed E-state index contributed by atoms with van der Waals surface area (Å²) in [5.41, 5.74) is 0.0201. The topological polar surface area (TPSA) is 48.0 Å². The van der Waals surface area contributed by atoms with Gasteiger partial charge in [-0.15, -0.1) is 0 Å². The SMILES string of the molecule is O=C(C1CCOCC1)N1CC[C@H]2OCCC[C@]2(COCC2CC2)C1. The van der Waals surface area contributed by atoms with E-state index in [1.54, 1.807) is 0 Å². The number of ether oxygens (including phenoxy) is 3. The number of hydrogen-bond acceptors (Lipinski definition) is 4. The monoisotopic (exact) mass is 337 g/mol. The van der Waals surface area contributed by atoms with Gasteiger partial charge in [-0.05, 0) is 50.9 Å². The third kappa shape index (κ3) is 3.63. The van der Waals surface area contributed by atoms with Gasteiger partial charge in [0.1, 0.15) is 0 Å². The van der Waals surface area contributed by atoms with Crippen molar-refractivity contribution in [3.63, 3.8) is 0 Å². The molecule has 4 rings (SSSR count). The van der Waals surface area contributed by atoms with Crippen molar-refractivity contribution < 1.29 is 19.0 Å². The average molecular weight is 337 g/mol. The maximum absolute atomic E-state index is 13.0. The number of hydrogen-bond donors (Lipinski definition) is 0. The van der Waals surface area contributed by atoms with Gasteiger partial charge in [-0.2, -0.15) is 0 Å². The molecule has 0 aromatic carbocycles. The Bertz CT molecular complexity index is 447. The van der Waals surface area contributed by atoms with Crippen LogP contribution < -0.4 is 0 Å². The minimum absolute atomic E-state index is 0.0201. The van der Waals surface area contributed by atoms with E-state index < -0.39 is 0 Å². The molecule has 0 spiro atoms. The second-order valence-electron chi connectivity index (χ2n) is 8.22. The molecule has 4 fully saturated rings. The summed E-state index contributed by atoms with van der Waals surface area (Å²) >= 11 is 0. The van der Waals surface area contributed by atoms with E-state index in [0.29, 0.717) is 5.91 Å². The van der Waals surface area contributed by atoms with E-state index in [0.717, 1.165) is 84.1 Å². The predicted octanol–water partition coefficient (Wildman–Crippen LogP) is 2.24. The molecule has 2 atom stereocenters. The highest BCUT2D eigenvalue weighted by molar-refractivity contribution is 5.79. The number of piperidine rings is 1. The first-order chi connectivity index (χ1) is 11.8. The van der Waals surface area contributed by atoms with Crippen LogP contribution in [0.5, 0.6) is 0 Å². The Morgan fingerprint density at radius 3 is 2.75 bits per heavy atom. The molecule has 0 aromatic heterocycles. The molecular weight excluding hydrogens is 306 g/mol. The maximum Gasteiger partial charge on any atom is 0.225 e. The van der Waals surface area contributed by atoms with Crippen molar-refractivity contribution in [2.24, 2.45) is 17.3 Å². The lowest BCUT2D eigenvalue weighted by Gasteiger charge is -2.51. The second kappa shape index (κ2) is 7.30. The van der Waals surface area contributed by atoms with Crippen LogP contribution in [0.4, 0.5) is 0 Å². The zero-order valence-electron chi connectivity index (χ0n) is 14.7. The van der Waals surface area contributed by atoms with Gasteiger partial charge in [0.05, 0.1) is 12.7 Å². The molecule has 24 heavy (non-hydrogen) atoms. The molecule has 3 saturated heterocycles. The summed E-state index contributed by atoms with van der Waals surface area (Å²) in [5, 5.41) is 0. The summed E-state index contributed by atoms with van der Waals surface area (Å²) in [6, 6.07) is 0. The van der Waals surface area contributed by atoms with Crippen molar-refractivity contribution in [2.45, 2.75) is 51.0 Å². The van der Waals surface area contributed by atoms with Crippen molar-refractivity contribution in [1.82, 2.24) is 4.90 Å². The van der Waals surface area contributed by atoms with Gasteiger partial charge >= 0.3 is 0 Å². The van der Waals surface area contributed by atoms with E-state index in [9.17, 15) is 4.79 Å². The molecule has 0 N–H and O–H groups in total. The third-order valence-electron chi connectivity index (χ3n) is 6.31. The molecule has 0 radical (unpaired) electrons. The van der Waals surface area contributed by atoms with Gasteiger partial charge in [0.25, 0.3) is 0 Å². The van der Waals surface area contributed by atoms with Crippen molar-refractivity contribution in [3.05, 3.63) is 0 Å². The van der Waals surface area contributed by atoms with Crippen LogP contribution >= 0.6 is 0 Å². The molecule has 5 nitrogen and oxygen atoms in total. The van der Waals surface area contributed by atoms with Crippen LogP contribution in [0.15, 0.2) is 0 Å². The lowest BCUT2D eigenvalue weighted by Crippen LogP contribution is -2.59. The van der Waals surface area contributed by atoms with E-state index >= 15 is 0 Å². The van der Waals surface area contributed by atoms with Gasteiger partial charge in [-0.3, -0.25) is 4.79 Å². The summed E-state index contributed by atoms with van der Waals surface area (Å²) in [4.78, 5) is 15.1. The fourth-order valence-electron chi connectivity index (χ4n) is 4.61. The Hall–Kier alpha value is -0.650. The average Bonchev–Trinajstić information content (AvgIpc) is 3.45. The largest absolute Gasteiger partial charge is 0.381 e. The Morgan fingerprint density at radius 1 is 1.12 bits per heavy atom. The summed E-state index contributed by atoms with van der Waals surface area (Å²) in [6.07, 6.45) is 7.83. The predicted molar refractivity (Wildman–Crippen MR) is 89.7 cm³/mol. The zero-order valence-corrected chi connectivity index (χ0v) is 14.7. The Labute approximate surface area is 145 Å².